The van der Waals surface area contributed by atoms with Crippen molar-refractivity contribution in [2.45, 2.75) is 37.5 Å². The van der Waals surface area contributed by atoms with Crippen LogP contribution in [0, 0.1) is 0 Å². The van der Waals surface area contributed by atoms with E-state index >= 15 is 0 Å². The number of benzene rings is 1. The highest BCUT2D eigenvalue weighted by molar-refractivity contribution is 5.46. The maximum atomic E-state index is 6.49. The van der Waals surface area contributed by atoms with Gasteiger partial charge in [0.15, 0.2) is 0 Å². The summed E-state index contributed by atoms with van der Waals surface area (Å²) in [4.78, 5) is 2.54. The van der Waals surface area contributed by atoms with Crippen LogP contribution in [0.15, 0.2) is 18.2 Å². The smallest absolute Gasteiger partial charge is 0.127 e. The summed E-state index contributed by atoms with van der Waals surface area (Å²) in [5.74, 6) is 1.01. The minimum Gasteiger partial charge on any atom is -0.493 e. The second-order valence-electron chi connectivity index (χ2n) is 6.12. The molecule has 2 N–H and O–H groups in total. The van der Waals surface area contributed by atoms with Crippen LogP contribution >= 0.6 is 0 Å². The van der Waals surface area contributed by atoms with Crippen LogP contribution in [0.25, 0.3) is 0 Å². The summed E-state index contributed by atoms with van der Waals surface area (Å²) in [7, 11) is 0. The molecular formula is C16H22N2O2. The Morgan fingerprint density at radius 3 is 3.25 bits per heavy atom. The molecule has 2 fully saturated rings. The molecule has 0 bridgehead atoms. The van der Waals surface area contributed by atoms with Gasteiger partial charge < -0.3 is 15.2 Å². The maximum Gasteiger partial charge on any atom is 0.127 e. The third kappa shape index (κ3) is 2.03. The third-order valence-electron chi connectivity index (χ3n) is 4.92. The molecule has 0 aromatic heterocycles. The molecule has 0 aliphatic carbocycles. The Balaban J connectivity index is 1.55. The second-order valence-corrected chi connectivity index (χ2v) is 6.12. The van der Waals surface area contributed by atoms with Crippen LogP contribution in [0.2, 0.25) is 0 Å². The van der Waals surface area contributed by atoms with Crippen molar-refractivity contribution in [1.29, 1.82) is 0 Å². The first-order valence-electron chi connectivity index (χ1n) is 7.69. The topological polar surface area (TPSA) is 47.7 Å². The summed E-state index contributed by atoms with van der Waals surface area (Å²) in [6.45, 7) is 3.75. The Labute approximate surface area is 119 Å². The number of para-hydroxylation sites is 1. The van der Waals surface area contributed by atoms with Crippen molar-refractivity contribution >= 4 is 0 Å². The van der Waals surface area contributed by atoms with E-state index in [1.807, 2.05) is 0 Å². The van der Waals surface area contributed by atoms with E-state index in [4.69, 9.17) is 15.2 Å². The molecule has 3 aliphatic heterocycles. The average Bonchev–Trinajstić information content (AvgIpc) is 3.13. The lowest BCUT2D eigenvalue weighted by atomic mass is 9.97. The number of fused-ring (bicyclic) bond motifs is 2. The van der Waals surface area contributed by atoms with Crippen LogP contribution in [0.3, 0.4) is 0 Å². The van der Waals surface area contributed by atoms with E-state index in [1.54, 1.807) is 0 Å². The summed E-state index contributed by atoms with van der Waals surface area (Å²) in [6, 6.07) is 6.84. The van der Waals surface area contributed by atoms with Crippen LogP contribution in [-0.2, 0) is 11.2 Å². The van der Waals surface area contributed by atoms with E-state index < -0.39 is 0 Å². The number of rotatable bonds is 2. The molecule has 108 valence electrons. The Kier molecular flexibility index (Phi) is 3.17. The lowest BCUT2D eigenvalue weighted by molar-refractivity contribution is -0.0599. The fourth-order valence-corrected chi connectivity index (χ4v) is 3.76. The van der Waals surface area contributed by atoms with Crippen LogP contribution < -0.4 is 10.5 Å². The minimum absolute atomic E-state index is 0.0834. The van der Waals surface area contributed by atoms with Crippen molar-refractivity contribution in [3.63, 3.8) is 0 Å². The summed E-state index contributed by atoms with van der Waals surface area (Å²) < 4.78 is 11.8. The van der Waals surface area contributed by atoms with E-state index in [0.29, 0.717) is 6.04 Å². The molecule has 20 heavy (non-hydrogen) atoms. The highest BCUT2D eigenvalue weighted by Gasteiger charge is 2.36. The molecular weight excluding hydrogens is 252 g/mol. The molecule has 0 amide bonds. The molecule has 0 spiro atoms. The van der Waals surface area contributed by atoms with E-state index in [0.717, 1.165) is 37.5 Å². The summed E-state index contributed by atoms with van der Waals surface area (Å²) in [6.07, 6.45) is 3.64. The average molecular weight is 274 g/mol. The molecule has 0 saturated carbocycles. The highest BCUT2D eigenvalue weighted by atomic mass is 16.5. The number of hydrogen-bond acceptors (Lipinski definition) is 4. The Hall–Kier alpha value is -1.10. The Morgan fingerprint density at radius 1 is 1.35 bits per heavy atom. The second kappa shape index (κ2) is 5.02. The number of morpholine rings is 1. The van der Waals surface area contributed by atoms with Crippen molar-refractivity contribution in [3.05, 3.63) is 29.3 Å². The molecule has 4 heteroatoms. The molecule has 3 atom stereocenters. The van der Waals surface area contributed by atoms with Gasteiger partial charge in [-0.15, -0.1) is 0 Å². The third-order valence-corrected chi connectivity index (χ3v) is 4.92. The van der Waals surface area contributed by atoms with E-state index in [1.165, 1.54) is 24.9 Å². The fourth-order valence-electron chi connectivity index (χ4n) is 3.76. The van der Waals surface area contributed by atoms with Crippen LogP contribution in [0.1, 0.15) is 30.0 Å². The lowest BCUT2D eigenvalue weighted by Crippen LogP contribution is -2.49. The van der Waals surface area contributed by atoms with Gasteiger partial charge in [0.25, 0.3) is 0 Å². The molecule has 3 heterocycles. The van der Waals surface area contributed by atoms with Crippen LogP contribution in [0.4, 0.5) is 0 Å². The molecule has 2 saturated heterocycles. The van der Waals surface area contributed by atoms with Gasteiger partial charge in [0.1, 0.15) is 5.75 Å². The summed E-state index contributed by atoms with van der Waals surface area (Å²) in [5.41, 5.74) is 8.89. The van der Waals surface area contributed by atoms with Crippen molar-refractivity contribution in [1.82, 2.24) is 4.90 Å². The number of hydrogen-bond donors (Lipinski definition) is 1. The number of nitrogens with two attached hydrogens (primary N) is 1. The van der Waals surface area contributed by atoms with Crippen molar-refractivity contribution < 1.29 is 9.47 Å². The molecule has 4 nitrogen and oxygen atoms in total. The molecule has 1 aromatic rings. The van der Waals surface area contributed by atoms with Crippen LogP contribution in [0.5, 0.6) is 5.75 Å². The first-order chi connectivity index (χ1) is 9.83. The quantitative estimate of drug-likeness (QED) is 0.887. The maximum absolute atomic E-state index is 6.49. The summed E-state index contributed by atoms with van der Waals surface area (Å²) >= 11 is 0. The molecule has 1 aromatic carbocycles. The van der Waals surface area contributed by atoms with Gasteiger partial charge in [0.2, 0.25) is 0 Å². The van der Waals surface area contributed by atoms with E-state index in [-0.39, 0.29) is 12.1 Å². The van der Waals surface area contributed by atoms with Gasteiger partial charge in [-0.2, -0.15) is 0 Å². The fraction of sp³-hybridized carbons (Fsp3) is 0.625. The largest absolute Gasteiger partial charge is 0.493 e. The number of nitrogens with zero attached hydrogens (tertiary/aromatic N) is 1. The Bertz CT molecular complexity index is 505. The summed E-state index contributed by atoms with van der Waals surface area (Å²) in [5, 5.41) is 0. The van der Waals surface area contributed by atoms with Gasteiger partial charge in [-0.1, -0.05) is 18.2 Å². The predicted octanol–water partition coefficient (Wildman–Crippen LogP) is 1.48. The molecule has 4 rings (SSSR count). The van der Waals surface area contributed by atoms with Crippen molar-refractivity contribution in [2.75, 3.05) is 26.3 Å². The Morgan fingerprint density at radius 2 is 2.30 bits per heavy atom. The zero-order valence-corrected chi connectivity index (χ0v) is 11.8. The van der Waals surface area contributed by atoms with Crippen LogP contribution in [-0.4, -0.2) is 43.3 Å². The van der Waals surface area contributed by atoms with Crippen molar-refractivity contribution in [3.8, 4) is 5.75 Å². The van der Waals surface area contributed by atoms with E-state index in [2.05, 4.69) is 23.1 Å². The minimum atomic E-state index is -0.0930. The standard InChI is InChI=1S/C16H22N2O2/c17-15(13-5-1-3-11-6-8-19-16(11)13)14-9-18-7-2-4-12(18)10-20-14/h1,3,5,12,14-15H,2,4,6-10,17H2. The van der Waals surface area contributed by atoms with Gasteiger partial charge in [-0.3, -0.25) is 4.90 Å². The molecule has 3 unspecified atom stereocenters. The lowest BCUT2D eigenvalue weighted by Gasteiger charge is -2.38. The monoisotopic (exact) mass is 274 g/mol. The van der Waals surface area contributed by atoms with Gasteiger partial charge >= 0.3 is 0 Å². The van der Waals surface area contributed by atoms with Gasteiger partial charge in [0.05, 0.1) is 25.4 Å². The van der Waals surface area contributed by atoms with Crippen molar-refractivity contribution in [2.24, 2.45) is 5.73 Å². The molecule has 0 radical (unpaired) electrons. The molecule has 3 aliphatic rings. The van der Waals surface area contributed by atoms with E-state index in [9.17, 15) is 0 Å². The first-order valence-corrected chi connectivity index (χ1v) is 7.69. The number of ether oxygens (including phenoxy) is 2. The first kappa shape index (κ1) is 12.6. The highest BCUT2D eigenvalue weighted by Crippen LogP contribution is 2.36. The predicted molar refractivity (Wildman–Crippen MR) is 76.9 cm³/mol. The SMILES string of the molecule is NC(c1cccc2c1OCC2)C1CN2CCCC2CO1. The van der Waals surface area contributed by atoms with Gasteiger partial charge in [-0.05, 0) is 24.9 Å². The zero-order chi connectivity index (χ0) is 13.5. The van der Waals surface area contributed by atoms with Gasteiger partial charge in [0, 0.05) is 24.6 Å². The normalized spacial score (nSPS) is 30.6. The van der Waals surface area contributed by atoms with Gasteiger partial charge in [-0.25, -0.2) is 0 Å². The zero-order valence-electron chi connectivity index (χ0n) is 11.8.